The van der Waals surface area contributed by atoms with Gasteiger partial charge in [0.05, 0.1) is 16.8 Å². The molecule has 0 aliphatic heterocycles. The van der Waals surface area contributed by atoms with E-state index in [4.69, 9.17) is 32.4 Å². The van der Waals surface area contributed by atoms with Crippen molar-refractivity contribution in [2.24, 2.45) is 0 Å². The number of hydrogen-bond donors (Lipinski definition) is 0. The molecule has 0 saturated heterocycles. The van der Waals surface area contributed by atoms with Crippen LogP contribution in [0.4, 0.5) is 0 Å². The van der Waals surface area contributed by atoms with E-state index in [1.54, 1.807) is 31.5 Å². The van der Waals surface area contributed by atoms with E-state index in [0.29, 0.717) is 33.9 Å². The van der Waals surface area contributed by atoms with Crippen LogP contribution in [0, 0.1) is 0 Å². The van der Waals surface area contributed by atoms with Crippen molar-refractivity contribution in [3.63, 3.8) is 0 Å². The fourth-order valence-electron chi connectivity index (χ4n) is 1.30. The third kappa shape index (κ3) is 2.38. The second-order valence-electron chi connectivity index (χ2n) is 3.19. The van der Waals surface area contributed by atoms with Gasteiger partial charge in [0.2, 0.25) is 5.89 Å². The summed E-state index contributed by atoms with van der Waals surface area (Å²) in [6.45, 7) is 0.387. The standard InChI is InChI=1S/C11H9Cl2NO2/c1-15-6-8-5-14-11(16-8)9-3-2-7(12)4-10(9)13/h2-5H,6H2,1H3. The highest BCUT2D eigenvalue weighted by Crippen LogP contribution is 2.29. The molecule has 0 aliphatic carbocycles. The first-order chi connectivity index (χ1) is 7.70. The minimum absolute atomic E-state index is 0.387. The summed E-state index contributed by atoms with van der Waals surface area (Å²) in [6, 6.07) is 5.16. The van der Waals surface area contributed by atoms with Crippen LogP contribution >= 0.6 is 23.2 Å². The molecule has 0 amide bonds. The lowest BCUT2D eigenvalue weighted by molar-refractivity contribution is 0.165. The van der Waals surface area contributed by atoms with E-state index in [0.717, 1.165) is 0 Å². The average Bonchev–Trinajstić information content (AvgIpc) is 2.67. The Hall–Kier alpha value is -1.03. The number of ether oxygens (including phenoxy) is 1. The summed E-state index contributed by atoms with van der Waals surface area (Å²) in [4.78, 5) is 4.12. The number of aromatic nitrogens is 1. The Balaban J connectivity index is 2.35. The van der Waals surface area contributed by atoms with Crippen molar-refractivity contribution in [2.45, 2.75) is 6.61 Å². The van der Waals surface area contributed by atoms with Gasteiger partial charge in [-0.05, 0) is 18.2 Å². The van der Waals surface area contributed by atoms with Crippen LogP contribution in [-0.2, 0) is 11.3 Å². The van der Waals surface area contributed by atoms with Crippen LogP contribution in [0.25, 0.3) is 11.5 Å². The van der Waals surface area contributed by atoms with Gasteiger partial charge in [0.15, 0.2) is 5.76 Å². The first kappa shape index (κ1) is 11.5. The molecule has 0 radical (unpaired) electrons. The van der Waals surface area contributed by atoms with Crippen molar-refractivity contribution >= 4 is 23.2 Å². The molecule has 1 aromatic heterocycles. The van der Waals surface area contributed by atoms with Gasteiger partial charge in [-0.25, -0.2) is 4.98 Å². The van der Waals surface area contributed by atoms with Crippen LogP contribution in [0.15, 0.2) is 28.8 Å². The SMILES string of the molecule is COCc1cnc(-c2ccc(Cl)cc2Cl)o1. The molecule has 3 nitrogen and oxygen atoms in total. The topological polar surface area (TPSA) is 35.3 Å². The summed E-state index contributed by atoms with van der Waals surface area (Å²) in [5.74, 6) is 1.12. The van der Waals surface area contributed by atoms with Gasteiger partial charge in [0, 0.05) is 12.1 Å². The smallest absolute Gasteiger partial charge is 0.227 e. The monoisotopic (exact) mass is 257 g/mol. The number of benzene rings is 1. The number of nitrogens with zero attached hydrogens (tertiary/aromatic N) is 1. The first-order valence-electron chi connectivity index (χ1n) is 4.60. The maximum absolute atomic E-state index is 6.03. The second-order valence-corrected chi connectivity index (χ2v) is 4.03. The number of hydrogen-bond acceptors (Lipinski definition) is 3. The Labute approximate surface area is 103 Å². The minimum atomic E-state index is 0.387. The summed E-state index contributed by atoms with van der Waals surface area (Å²) in [5, 5.41) is 1.09. The zero-order valence-electron chi connectivity index (χ0n) is 8.54. The van der Waals surface area contributed by atoms with E-state index in [1.165, 1.54) is 0 Å². The Bertz CT molecular complexity index is 496. The fourth-order valence-corrected chi connectivity index (χ4v) is 1.79. The highest BCUT2D eigenvalue weighted by Gasteiger charge is 2.10. The fraction of sp³-hybridized carbons (Fsp3) is 0.182. The molecule has 0 saturated carbocycles. The molecule has 0 bridgehead atoms. The van der Waals surface area contributed by atoms with Crippen molar-refractivity contribution in [1.82, 2.24) is 4.98 Å². The molecule has 2 rings (SSSR count). The molecule has 0 fully saturated rings. The molecule has 0 spiro atoms. The summed E-state index contributed by atoms with van der Waals surface area (Å²) < 4.78 is 10.4. The lowest BCUT2D eigenvalue weighted by Crippen LogP contribution is -1.82. The van der Waals surface area contributed by atoms with Gasteiger partial charge in [0.25, 0.3) is 0 Å². The van der Waals surface area contributed by atoms with Gasteiger partial charge in [-0.1, -0.05) is 23.2 Å². The molecule has 1 aromatic carbocycles. The second kappa shape index (κ2) is 4.87. The van der Waals surface area contributed by atoms with Crippen LogP contribution in [-0.4, -0.2) is 12.1 Å². The maximum Gasteiger partial charge on any atom is 0.227 e. The van der Waals surface area contributed by atoms with E-state index in [2.05, 4.69) is 4.98 Å². The van der Waals surface area contributed by atoms with Gasteiger partial charge < -0.3 is 9.15 Å². The van der Waals surface area contributed by atoms with E-state index in [1.807, 2.05) is 0 Å². The largest absolute Gasteiger partial charge is 0.439 e. The highest BCUT2D eigenvalue weighted by molar-refractivity contribution is 6.36. The van der Waals surface area contributed by atoms with Crippen LogP contribution in [0.2, 0.25) is 10.0 Å². The molecule has 84 valence electrons. The third-order valence-electron chi connectivity index (χ3n) is 2.00. The molecule has 0 N–H and O–H groups in total. The molecular weight excluding hydrogens is 249 g/mol. The zero-order valence-corrected chi connectivity index (χ0v) is 10.0. The molecule has 0 atom stereocenters. The number of rotatable bonds is 3. The number of methoxy groups -OCH3 is 1. The van der Waals surface area contributed by atoms with Crippen molar-refractivity contribution in [1.29, 1.82) is 0 Å². The third-order valence-corrected chi connectivity index (χ3v) is 2.55. The van der Waals surface area contributed by atoms with Crippen molar-refractivity contribution in [3.05, 3.63) is 40.2 Å². The Morgan fingerprint density at radius 3 is 2.88 bits per heavy atom. The average molecular weight is 258 g/mol. The predicted octanol–water partition coefficient (Wildman–Crippen LogP) is 3.79. The zero-order chi connectivity index (χ0) is 11.5. The van der Waals surface area contributed by atoms with Crippen LogP contribution in [0.1, 0.15) is 5.76 Å². The van der Waals surface area contributed by atoms with E-state index in [-0.39, 0.29) is 0 Å². The molecule has 1 heterocycles. The molecule has 0 unspecified atom stereocenters. The Kier molecular flexibility index (Phi) is 3.49. The van der Waals surface area contributed by atoms with E-state index in [9.17, 15) is 0 Å². The Morgan fingerprint density at radius 2 is 2.19 bits per heavy atom. The molecule has 2 aromatic rings. The van der Waals surface area contributed by atoms with Gasteiger partial charge in [-0.3, -0.25) is 0 Å². The summed E-state index contributed by atoms with van der Waals surface area (Å²) >= 11 is 11.8. The first-order valence-corrected chi connectivity index (χ1v) is 5.35. The quantitative estimate of drug-likeness (QED) is 0.839. The molecule has 0 aliphatic rings. The van der Waals surface area contributed by atoms with Gasteiger partial charge in [0.1, 0.15) is 6.61 Å². The predicted molar refractivity (Wildman–Crippen MR) is 62.7 cm³/mol. The molecule has 5 heteroatoms. The van der Waals surface area contributed by atoms with Crippen molar-refractivity contribution < 1.29 is 9.15 Å². The summed E-state index contributed by atoms with van der Waals surface area (Å²) in [7, 11) is 1.59. The van der Waals surface area contributed by atoms with Crippen LogP contribution in [0.3, 0.4) is 0 Å². The summed E-state index contributed by atoms with van der Waals surface area (Å²) in [5.41, 5.74) is 0.716. The van der Waals surface area contributed by atoms with Gasteiger partial charge in [-0.2, -0.15) is 0 Å². The lowest BCUT2D eigenvalue weighted by Gasteiger charge is -1.99. The lowest BCUT2D eigenvalue weighted by atomic mass is 10.2. The van der Waals surface area contributed by atoms with Crippen LogP contribution < -0.4 is 0 Å². The number of oxazole rings is 1. The van der Waals surface area contributed by atoms with Gasteiger partial charge >= 0.3 is 0 Å². The highest BCUT2D eigenvalue weighted by atomic mass is 35.5. The van der Waals surface area contributed by atoms with E-state index >= 15 is 0 Å². The number of halogens is 2. The van der Waals surface area contributed by atoms with Crippen molar-refractivity contribution in [3.8, 4) is 11.5 Å². The normalized spacial score (nSPS) is 10.7. The van der Waals surface area contributed by atoms with Gasteiger partial charge in [-0.15, -0.1) is 0 Å². The molecular formula is C11H9Cl2NO2. The van der Waals surface area contributed by atoms with Crippen LogP contribution in [0.5, 0.6) is 0 Å². The van der Waals surface area contributed by atoms with Crippen molar-refractivity contribution in [2.75, 3.05) is 7.11 Å². The minimum Gasteiger partial charge on any atom is -0.439 e. The maximum atomic E-state index is 6.03. The molecule has 16 heavy (non-hydrogen) atoms. The summed E-state index contributed by atoms with van der Waals surface area (Å²) in [6.07, 6.45) is 1.61. The Morgan fingerprint density at radius 1 is 1.38 bits per heavy atom. The van der Waals surface area contributed by atoms with E-state index < -0.39 is 0 Å².